The Bertz CT molecular complexity index is 367. The summed E-state index contributed by atoms with van der Waals surface area (Å²) < 4.78 is 0. The van der Waals surface area contributed by atoms with E-state index in [1.165, 1.54) is 0 Å². The number of likely N-dealkylation sites (N-methyl/N-ethyl adjacent to an activating group) is 1. The Morgan fingerprint density at radius 2 is 1.94 bits per heavy atom. The van der Waals surface area contributed by atoms with Gasteiger partial charge in [-0.2, -0.15) is 0 Å². The summed E-state index contributed by atoms with van der Waals surface area (Å²) >= 11 is 0. The maximum absolute atomic E-state index is 12.0. The lowest BCUT2D eigenvalue weighted by molar-refractivity contribution is -0.120. The van der Waals surface area contributed by atoms with Gasteiger partial charge in [-0.1, -0.05) is 13.8 Å². The molecule has 100 valence electrons. The minimum absolute atomic E-state index is 0.0764. The van der Waals surface area contributed by atoms with Gasteiger partial charge < -0.3 is 0 Å². The summed E-state index contributed by atoms with van der Waals surface area (Å²) in [5.74, 6) is 0.916. The van der Waals surface area contributed by atoms with Gasteiger partial charge in [0.15, 0.2) is 0 Å². The fourth-order valence-electron chi connectivity index (χ4n) is 1.43. The molecular formula is C13H22N4O. The fourth-order valence-corrected chi connectivity index (χ4v) is 1.43. The SMILES string of the molecule is CC(C)CCN(C)C(C)C(=O)Nc1ncccn1. The lowest BCUT2D eigenvalue weighted by Crippen LogP contribution is -2.40. The first kappa shape index (κ1) is 14.6. The van der Waals surface area contributed by atoms with E-state index in [0.717, 1.165) is 13.0 Å². The van der Waals surface area contributed by atoms with E-state index < -0.39 is 0 Å². The number of rotatable bonds is 6. The van der Waals surface area contributed by atoms with Crippen LogP contribution in [0, 0.1) is 5.92 Å². The second-order valence-corrected chi connectivity index (χ2v) is 4.90. The Labute approximate surface area is 109 Å². The predicted octanol–water partition coefficient (Wildman–Crippen LogP) is 1.78. The minimum atomic E-state index is -0.187. The molecular weight excluding hydrogens is 228 g/mol. The lowest BCUT2D eigenvalue weighted by Gasteiger charge is -2.24. The quantitative estimate of drug-likeness (QED) is 0.836. The average molecular weight is 250 g/mol. The van der Waals surface area contributed by atoms with Crippen molar-refractivity contribution in [2.45, 2.75) is 33.2 Å². The van der Waals surface area contributed by atoms with Crippen molar-refractivity contribution in [1.29, 1.82) is 0 Å². The zero-order valence-corrected chi connectivity index (χ0v) is 11.6. The van der Waals surface area contributed by atoms with E-state index >= 15 is 0 Å². The highest BCUT2D eigenvalue weighted by Crippen LogP contribution is 2.05. The Hall–Kier alpha value is -1.49. The molecule has 0 bridgehead atoms. The summed E-state index contributed by atoms with van der Waals surface area (Å²) in [5, 5.41) is 2.71. The minimum Gasteiger partial charge on any atom is -0.295 e. The van der Waals surface area contributed by atoms with Gasteiger partial charge in [-0.05, 0) is 38.9 Å². The van der Waals surface area contributed by atoms with E-state index in [1.54, 1.807) is 18.5 Å². The van der Waals surface area contributed by atoms with Gasteiger partial charge in [-0.3, -0.25) is 15.0 Å². The number of anilines is 1. The molecule has 0 aliphatic carbocycles. The van der Waals surface area contributed by atoms with Crippen molar-refractivity contribution in [3.05, 3.63) is 18.5 Å². The van der Waals surface area contributed by atoms with E-state index in [4.69, 9.17) is 0 Å². The molecule has 0 spiro atoms. The first-order valence-electron chi connectivity index (χ1n) is 6.29. The van der Waals surface area contributed by atoms with Crippen molar-refractivity contribution >= 4 is 11.9 Å². The van der Waals surface area contributed by atoms with Crippen LogP contribution in [0.4, 0.5) is 5.95 Å². The molecule has 1 amide bonds. The summed E-state index contributed by atoms with van der Waals surface area (Å²) in [6.07, 6.45) is 4.29. The zero-order valence-electron chi connectivity index (χ0n) is 11.6. The molecule has 5 heteroatoms. The average Bonchev–Trinajstić information content (AvgIpc) is 2.36. The van der Waals surface area contributed by atoms with Crippen LogP contribution < -0.4 is 5.32 Å². The fraction of sp³-hybridized carbons (Fsp3) is 0.615. The van der Waals surface area contributed by atoms with Gasteiger partial charge in [-0.25, -0.2) is 9.97 Å². The Kier molecular flexibility index (Phi) is 5.71. The number of hydrogen-bond acceptors (Lipinski definition) is 4. The van der Waals surface area contributed by atoms with Crippen molar-refractivity contribution in [3.63, 3.8) is 0 Å². The van der Waals surface area contributed by atoms with Crippen LogP contribution in [-0.2, 0) is 4.79 Å². The molecule has 0 radical (unpaired) electrons. The number of aromatic nitrogens is 2. The second-order valence-electron chi connectivity index (χ2n) is 4.90. The van der Waals surface area contributed by atoms with Crippen molar-refractivity contribution in [2.24, 2.45) is 5.92 Å². The van der Waals surface area contributed by atoms with E-state index in [0.29, 0.717) is 11.9 Å². The highest BCUT2D eigenvalue weighted by molar-refractivity contribution is 5.92. The number of carbonyl (C=O) groups excluding carboxylic acids is 1. The zero-order chi connectivity index (χ0) is 13.5. The van der Waals surface area contributed by atoms with Gasteiger partial charge in [0.1, 0.15) is 0 Å². The van der Waals surface area contributed by atoms with Crippen LogP contribution in [0.5, 0.6) is 0 Å². The topological polar surface area (TPSA) is 58.1 Å². The normalized spacial score (nSPS) is 12.8. The predicted molar refractivity (Wildman–Crippen MR) is 72.2 cm³/mol. The summed E-state index contributed by atoms with van der Waals surface area (Å²) in [6, 6.07) is 1.53. The molecule has 1 heterocycles. The Morgan fingerprint density at radius 1 is 1.33 bits per heavy atom. The van der Waals surface area contributed by atoms with Crippen LogP contribution in [-0.4, -0.2) is 40.4 Å². The Balaban J connectivity index is 2.46. The molecule has 0 saturated heterocycles. The molecule has 1 unspecified atom stereocenters. The van der Waals surface area contributed by atoms with Gasteiger partial charge in [0.2, 0.25) is 11.9 Å². The molecule has 1 rings (SSSR count). The molecule has 18 heavy (non-hydrogen) atoms. The summed E-state index contributed by atoms with van der Waals surface area (Å²) in [6.45, 7) is 7.15. The third-order valence-electron chi connectivity index (χ3n) is 2.90. The maximum Gasteiger partial charge on any atom is 0.243 e. The van der Waals surface area contributed by atoms with Gasteiger partial charge in [0.25, 0.3) is 0 Å². The van der Waals surface area contributed by atoms with Gasteiger partial charge in [0, 0.05) is 12.4 Å². The summed E-state index contributed by atoms with van der Waals surface area (Å²) in [4.78, 5) is 22.0. The molecule has 0 aromatic carbocycles. The summed E-state index contributed by atoms with van der Waals surface area (Å²) in [7, 11) is 1.96. The number of nitrogens with one attached hydrogen (secondary N) is 1. The van der Waals surface area contributed by atoms with Gasteiger partial charge in [0.05, 0.1) is 6.04 Å². The molecule has 0 aliphatic heterocycles. The highest BCUT2D eigenvalue weighted by Gasteiger charge is 2.18. The lowest BCUT2D eigenvalue weighted by atomic mass is 10.1. The van der Waals surface area contributed by atoms with Crippen LogP contribution >= 0.6 is 0 Å². The van der Waals surface area contributed by atoms with Crippen LogP contribution in [0.1, 0.15) is 27.2 Å². The molecule has 0 saturated carbocycles. The van der Waals surface area contributed by atoms with Crippen LogP contribution in [0.15, 0.2) is 18.5 Å². The second kappa shape index (κ2) is 7.06. The molecule has 1 atom stereocenters. The van der Waals surface area contributed by atoms with Gasteiger partial charge in [-0.15, -0.1) is 0 Å². The monoisotopic (exact) mass is 250 g/mol. The Morgan fingerprint density at radius 3 is 2.50 bits per heavy atom. The van der Waals surface area contributed by atoms with Crippen LogP contribution in [0.3, 0.4) is 0 Å². The van der Waals surface area contributed by atoms with E-state index in [-0.39, 0.29) is 11.9 Å². The first-order valence-corrected chi connectivity index (χ1v) is 6.29. The molecule has 0 fully saturated rings. The summed E-state index contributed by atoms with van der Waals surface area (Å²) in [5.41, 5.74) is 0. The van der Waals surface area contributed by atoms with Crippen molar-refractivity contribution in [3.8, 4) is 0 Å². The van der Waals surface area contributed by atoms with Crippen LogP contribution in [0.25, 0.3) is 0 Å². The molecule has 1 aromatic heterocycles. The van der Waals surface area contributed by atoms with Crippen LogP contribution in [0.2, 0.25) is 0 Å². The smallest absolute Gasteiger partial charge is 0.243 e. The van der Waals surface area contributed by atoms with Crippen molar-refractivity contribution in [1.82, 2.24) is 14.9 Å². The van der Waals surface area contributed by atoms with Crippen molar-refractivity contribution in [2.75, 3.05) is 18.9 Å². The number of nitrogens with zero attached hydrogens (tertiary/aromatic N) is 3. The largest absolute Gasteiger partial charge is 0.295 e. The number of hydrogen-bond donors (Lipinski definition) is 1. The number of amides is 1. The highest BCUT2D eigenvalue weighted by atomic mass is 16.2. The van der Waals surface area contributed by atoms with E-state index in [2.05, 4.69) is 29.1 Å². The molecule has 1 N–H and O–H groups in total. The maximum atomic E-state index is 12.0. The molecule has 5 nitrogen and oxygen atoms in total. The standard InChI is InChI=1S/C13H22N4O/c1-10(2)6-9-17(4)11(3)12(18)16-13-14-7-5-8-15-13/h5,7-8,10-11H,6,9H2,1-4H3,(H,14,15,16,18). The molecule has 0 aliphatic rings. The van der Waals surface area contributed by atoms with E-state index in [1.807, 2.05) is 18.9 Å². The third-order valence-corrected chi connectivity index (χ3v) is 2.90. The molecule has 1 aromatic rings. The van der Waals surface area contributed by atoms with Gasteiger partial charge >= 0.3 is 0 Å². The first-order chi connectivity index (χ1) is 8.50. The van der Waals surface area contributed by atoms with Crippen molar-refractivity contribution < 1.29 is 4.79 Å². The third kappa shape index (κ3) is 4.79. The number of carbonyl (C=O) groups is 1. The van der Waals surface area contributed by atoms with E-state index in [9.17, 15) is 4.79 Å².